The Labute approximate surface area is 133 Å². The van der Waals surface area contributed by atoms with Crippen LogP contribution in [0, 0.1) is 0 Å². The second-order valence-corrected chi connectivity index (χ2v) is 7.28. The zero-order chi connectivity index (χ0) is 14.5. The first-order valence-corrected chi connectivity index (χ1v) is 9.18. The van der Waals surface area contributed by atoms with E-state index in [4.69, 9.17) is 16.7 Å². The molecule has 0 saturated heterocycles. The van der Waals surface area contributed by atoms with E-state index in [1.807, 2.05) is 0 Å². The Balaban J connectivity index is 1.52. The average Bonchev–Trinajstić information content (AvgIpc) is 2.90. The molecule has 0 aromatic carbocycles. The van der Waals surface area contributed by atoms with Gasteiger partial charge in [-0.05, 0) is 31.7 Å². The van der Waals surface area contributed by atoms with Gasteiger partial charge >= 0.3 is 0 Å². The molecule has 0 bridgehead atoms. The molecule has 4 heteroatoms. The third-order valence-electron chi connectivity index (χ3n) is 5.09. The van der Waals surface area contributed by atoms with Crippen LogP contribution in [0.25, 0.3) is 0 Å². The minimum Gasteiger partial charge on any atom is -0.307 e. The number of aromatic nitrogens is 2. The van der Waals surface area contributed by atoms with Gasteiger partial charge < -0.3 is 5.32 Å². The van der Waals surface area contributed by atoms with E-state index in [-0.39, 0.29) is 5.38 Å². The number of nitrogens with zero attached hydrogens (tertiary/aromatic N) is 2. The molecule has 118 valence electrons. The van der Waals surface area contributed by atoms with Crippen LogP contribution in [0.2, 0.25) is 0 Å². The van der Waals surface area contributed by atoms with E-state index in [1.165, 1.54) is 57.8 Å². The van der Waals surface area contributed by atoms with Crippen LogP contribution >= 0.6 is 11.6 Å². The Bertz CT molecular complexity index is 425. The molecule has 1 aromatic heterocycles. The van der Waals surface area contributed by atoms with Crippen LogP contribution < -0.4 is 5.32 Å². The lowest BCUT2D eigenvalue weighted by molar-refractivity contribution is 0.327. The summed E-state index contributed by atoms with van der Waals surface area (Å²) >= 11 is 6.49. The quantitative estimate of drug-likeness (QED) is 0.659. The van der Waals surface area contributed by atoms with Crippen LogP contribution in [0.5, 0.6) is 0 Å². The maximum atomic E-state index is 6.49. The number of hydrogen-bond donors (Lipinski definition) is 1. The molecule has 1 heterocycles. The highest BCUT2D eigenvalue weighted by Gasteiger charge is 2.21. The van der Waals surface area contributed by atoms with Gasteiger partial charge in [-0.1, -0.05) is 38.5 Å². The molecular formula is C17H28ClN3. The first kappa shape index (κ1) is 15.4. The van der Waals surface area contributed by atoms with Crippen molar-refractivity contribution in [2.75, 3.05) is 0 Å². The highest BCUT2D eigenvalue weighted by Crippen LogP contribution is 2.27. The summed E-state index contributed by atoms with van der Waals surface area (Å²) in [4.78, 5) is 0. The van der Waals surface area contributed by atoms with Crippen LogP contribution in [0.1, 0.15) is 75.9 Å². The lowest BCUT2D eigenvalue weighted by Gasteiger charge is -2.22. The van der Waals surface area contributed by atoms with E-state index >= 15 is 0 Å². The zero-order valence-electron chi connectivity index (χ0n) is 12.9. The normalized spacial score (nSPS) is 28.4. The summed E-state index contributed by atoms with van der Waals surface area (Å²) in [6.45, 7) is 0.855. The smallest absolute Gasteiger partial charge is 0.0762 e. The third-order valence-corrected chi connectivity index (χ3v) is 5.61. The van der Waals surface area contributed by atoms with Crippen molar-refractivity contribution in [1.82, 2.24) is 15.1 Å². The second-order valence-electron chi connectivity index (χ2n) is 6.72. The minimum atomic E-state index is 0.285. The van der Waals surface area contributed by atoms with E-state index in [1.54, 1.807) is 0 Å². The summed E-state index contributed by atoms with van der Waals surface area (Å²) in [6, 6.07) is 3.25. The van der Waals surface area contributed by atoms with Crippen LogP contribution in [0.3, 0.4) is 0 Å². The van der Waals surface area contributed by atoms with Gasteiger partial charge in [0.1, 0.15) is 0 Å². The fraction of sp³-hybridized carbons (Fsp3) is 0.824. The minimum absolute atomic E-state index is 0.285. The highest BCUT2D eigenvalue weighted by atomic mass is 35.5. The molecule has 2 unspecified atom stereocenters. The van der Waals surface area contributed by atoms with E-state index in [0.717, 1.165) is 18.7 Å². The molecule has 2 fully saturated rings. The monoisotopic (exact) mass is 309 g/mol. The molecule has 2 aliphatic carbocycles. The Morgan fingerprint density at radius 3 is 2.57 bits per heavy atom. The number of halogens is 1. The molecule has 3 rings (SSSR count). The molecule has 0 amide bonds. The summed E-state index contributed by atoms with van der Waals surface area (Å²) in [6.07, 6.45) is 15.1. The van der Waals surface area contributed by atoms with E-state index in [9.17, 15) is 0 Å². The summed E-state index contributed by atoms with van der Waals surface area (Å²) in [5.74, 6) is 0. The predicted octanol–water partition coefficient (Wildman–Crippen LogP) is 4.42. The molecular weight excluding hydrogens is 282 g/mol. The van der Waals surface area contributed by atoms with Crippen molar-refractivity contribution >= 4 is 11.6 Å². The van der Waals surface area contributed by atoms with Crippen LogP contribution in [-0.4, -0.2) is 21.2 Å². The van der Waals surface area contributed by atoms with Crippen molar-refractivity contribution < 1.29 is 0 Å². The molecule has 1 aromatic rings. The van der Waals surface area contributed by atoms with Gasteiger partial charge in [0.05, 0.1) is 11.7 Å². The van der Waals surface area contributed by atoms with Crippen LogP contribution in [0.15, 0.2) is 12.3 Å². The number of rotatable bonds is 4. The molecule has 3 nitrogen and oxygen atoms in total. The molecule has 21 heavy (non-hydrogen) atoms. The van der Waals surface area contributed by atoms with Gasteiger partial charge in [-0.15, -0.1) is 11.6 Å². The summed E-state index contributed by atoms with van der Waals surface area (Å²) in [5, 5.41) is 8.70. The van der Waals surface area contributed by atoms with Gasteiger partial charge in [-0.25, -0.2) is 0 Å². The maximum absolute atomic E-state index is 6.49. The summed E-state index contributed by atoms with van der Waals surface area (Å²) < 4.78 is 2.20. The molecule has 2 saturated carbocycles. The predicted molar refractivity (Wildman–Crippen MR) is 87.7 cm³/mol. The molecule has 0 spiro atoms. The van der Waals surface area contributed by atoms with Crippen molar-refractivity contribution in [3.8, 4) is 0 Å². The van der Waals surface area contributed by atoms with Crippen molar-refractivity contribution in [3.05, 3.63) is 18.0 Å². The van der Waals surface area contributed by atoms with E-state index in [0.29, 0.717) is 12.1 Å². The standard InChI is InChI=1S/C17H28ClN3/c18-16-9-5-2-6-10-17(16)19-13-14-11-12-21(20-14)15-7-3-1-4-8-15/h11-12,15-17,19H,1-10,13H2. The fourth-order valence-corrected chi connectivity index (χ4v) is 4.12. The zero-order valence-corrected chi connectivity index (χ0v) is 13.7. The van der Waals surface area contributed by atoms with Gasteiger partial charge in [0.15, 0.2) is 0 Å². The van der Waals surface area contributed by atoms with Crippen molar-refractivity contribution in [2.24, 2.45) is 0 Å². The average molecular weight is 310 g/mol. The lowest BCUT2D eigenvalue weighted by Crippen LogP contribution is -2.36. The van der Waals surface area contributed by atoms with E-state index in [2.05, 4.69) is 22.3 Å². The number of hydrogen-bond acceptors (Lipinski definition) is 2. The first-order valence-electron chi connectivity index (χ1n) is 8.74. The fourth-order valence-electron chi connectivity index (χ4n) is 3.75. The third kappa shape index (κ3) is 4.23. The van der Waals surface area contributed by atoms with Crippen molar-refractivity contribution in [3.63, 3.8) is 0 Å². The highest BCUT2D eigenvalue weighted by molar-refractivity contribution is 6.21. The Morgan fingerprint density at radius 1 is 1.05 bits per heavy atom. The maximum Gasteiger partial charge on any atom is 0.0762 e. The Hall–Kier alpha value is -0.540. The molecule has 1 N–H and O–H groups in total. The molecule has 0 aliphatic heterocycles. The second kappa shape index (κ2) is 7.64. The molecule has 2 atom stereocenters. The first-order chi connectivity index (χ1) is 10.3. The van der Waals surface area contributed by atoms with Gasteiger partial charge in [0, 0.05) is 24.2 Å². The van der Waals surface area contributed by atoms with Gasteiger partial charge in [-0.2, -0.15) is 5.10 Å². The van der Waals surface area contributed by atoms with Crippen LogP contribution in [-0.2, 0) is 6.54 Å². The number of nitrogens with one attached hydrogen (secondary N) is 1. The van der Waals surface area contributed by atoms with Gasteiger partial charge in [0.25, 0.3) is 0 Å². The van der Waals surface area contributed by atoms with E-state index < -0.39 is 0 Å². The molecule has 2 aliphatic rings. The molecule has 0 radical (unpaired) electrons. The number of alkyl halides is 1. The summed E-state index contributed by atoms with van der Waals surface area (Å²) in [5.41, 5.74) is 1.16. The van der Waals surface area contributed by atoms with Crippen molar-refractivity contribution in [1.29, 1.82) is 0 Å². The summed E-state index contributed by atoms with van der Waals surface area (Å²) in [7, 11) is 0. The van der Waals surface area contributed by atoms with Crippen LogP contribution in [0.4, 0.5) is 0 Å². The topological polar surface area (TPSA) is 29.9 Å². The SMILES string of the molecule is ClC1CCCCCC1NCc1ccn(C2CCCCC2)n1. The Morgan fingerprint density at radius 2 is 1.76 bits per heavy atom. The van der Waals surface area contributed by atoms with Gasteiger partial charge in [0.2, 0.25) is 0 Å². The Kier molecular flexibility index (Phi) is 5.59. The lowest BCUT2D eigenvalue weighted by atomic mass is 9.96. The van der Waals surface area contributed by atoms with Gasteiger partial charge in [-0.3, -0.25) is 4.68 Å². The van der Waals surface area contributed by atoms with Crippen molar-refractivity contribution in [2.45, 2.75) is 88.2 Å². The largest absolute Gasteiger partial charge is 0.307 e.